The number of nitrogens with one attached hydrogen (secondary N) is 2. The summed E-state index contributed by atoms with van der Waals surface area (Å²) in [6.45, 7) is 3.94. The zero-order chi connectivity index (χ0) is 13.8. The van der Waals surface area contributed by atoms with Crippen molar-refractivity contribution in [3.8, 4) is 0 Å². The Balaban J connectivity index is 2.31. The van der Waals surface area contributed by atoms with E-state index in [0.29, 0.717) is 0 Å². The fourth-order valence-electron chi connectivity index (χ4n) is 1.78. The first kappa shape index (κ1) is 13.1. The predicted octanol–water partition coefficient (Wildman–Crippen LogP) is 1.27. The third kappa shape index (κ3) is 2.90. The maximum atomic E-state index is 11.8. The van der Waals surface area contributed by atoms with Gasteiger partial charge < -0.3 is 10.1 Å². The number of urea groups is 1. The van der Waals surface area contributed by atoms with Gasteiger partial charge in [-0.1, -0.05) is 29.8 Å². The number of hydrazone groups is 1. The van der Waals surface area contributed by atoms with E-state index >= 15 is 0 Å². The molecule has 0 radical (unpaired) electrons. The van der Waals surface area contributed by atoms with Crippen LogP contribution in [-0.2, 0) is 9.53 Å². The maximum Gasteiger partial charge on any atom is 0.357 e. The van der Waals surface area contributed by atoms with E-state index in [1.54, 1.807) is 6.92 Å². The lowest BCUT2D eigenvalue weighted by atomic mass is 10.0. The molecule has 6 nitrogen and oxygen atoms in total. The predicted molar refractivity (Wildman–Crippen MR) is 69.7 cm³/mol. The zero-order valence-electron chi connectivity index (χ0n) is 10.8. The van der Waals surface area contributed by atoms with E-state index in [0.717, 1.165) is 11.1 Å². The number of hydrogen-bond donors (Lipinski definition) is 2. The number of benzene rings is 1. The van der Waals surface area contributed by atoms with E-state index in [9.17, 15) is 9.59 Å². The molecule has 1 aliphatic rings. The molecule has 1 aliphatic heterocycles. The fraction of sp³-hybridized carbons (Fsp3) is 0.308. The number of carbonyl (C=O) groups excluding carboxylic acids is 2. The minimum Gasteiger partial charge on any atom is -0.461 e. The van der Waals surface area contributed by atoms with Crippen molar-refractivity contribution >= 4 is 17.7 Å². The molecule has 19 heavy (non-hydrogen) atoms. The number of esters is 1. The zero-order valence-corrected chi connectivity index (χ0v) is 10.8. The molecule has 0 aliphatic carbocycles. The van der Waals surface area contributed by atoms with Crippen LogP contribution >= 0.6 is 0 Å². The van der Waals surface area contributed by atoms with Crippen molar-refractivity contribution in [3.05, 3.63) is 35.4 Å². The molecule has 0 saturated carbocycles. The van der Waals surface area contributed by atoms with Crippen molar-refractivity contribution < 1.29 is 14.3 Å². The van der Waals surface area contributed by atoms with Gasteiger partial charge in [-0.3, -0.25) is 0 Å². The second-order valence-electron chi connectivity index (χ2n) is 4.15. The van der Waals surface area contributed by atoms with Crippen molar-refractivity contribution in [3.63, 3.8) is 0 Å². The molecule has 2 rings (SSSR count). The molecule has 6 heteroatoms. The second-order valence-corrected chi connectivity index (χ2v) is 4.15. The minimum absolute atomic E-state index is 0.144. The molecule has 1 aromatic rings. The summed E-state index contributed by atoms with van der Waals surface area (Å²) in [5.41, 5.74) is 4.24. The lowest BCUT2D eigenvalue weighted by Gasteiger charge is -2.23. The van der Waals surface area contributed by atoms with E-state index in [2.05, 4.69) is 15.8 Å². The lowest BCUT2D eigenvalue weighted by Crippen LogP contribution is -2.47. The Bertz CT molecular complexity index is 522. The molecule has 0 fully saturated rings. The van der Waals surface area contributed by atoms with Crippen molar-refractivity contribution in [2.45, 2.75) is 19.9 Å². The Hall–Kier alpha value is -2.37. The van der Waals surface area contributed by atoms with Crippen LogP contribution in [0.15, 0.2) is 29.4 Å². The van der Waals surface area contributed by atoms with Gasteiger partial charge in [-0.15, -0.1) is 0 Å². The van der Waals surface area contributed by atoms with Gasteiger partial charge in [0.1, 0.15) is 6.04 Å². The van der Waals surface area contributed by atoms with Crippen LogP contribution in [0, 0.1) is 6.92 Å². The Kier molecular flexibility index (Phi) is 3.79. The summed E-state index contributed by atoms with van der Waals surface area (Å²) < 4.78 is 4.93. The highest BCUT2D eigenvalue weighted by Crippen LogP contribution is 2.18. The topological polar surface area (TPSA) is 79.8 Å². The van der Waals surface area contributed by atoms with Gasteiger partial charge >= 0.3 is 12.0 Å². The van der Waals surface area contributed by atoms with Crippen LogP contribution in [0.5, 0.6) is 0 Å². The van der Waals surface area contributed by atoms with Crippen LogP contribution in [0.3, 0.4) is 0 Å². The molecule has 0 aromatic heterocycles. The average Bonchev–Trinajstić information content (AvgIpc) is 2.39. The smallest absolute Gasteiger partial charge is 0.357 e. The van der Waals surface area contributed by atoms with Gasteiger partial charge in [0.15, 0.2) is 5.71 Å². The molecule has 1 unspecified atom stereocenters. The van der Waals surface area contributed by atoms with Gasteiger partial charge in [0, 0.05) is 0 Å². The summed E-state index contributed by atoms with van der Waals surface area (Å²) in [7, 11) is 0. The largest absolute Gasteiger partial charge is 0.461 e. The molecular weight excluding hydrogens is 246 g/mol. The number of rotatable bonds is 3. The van der Waals surface area contributed by atoms with Gasteiger partial charge in [-0.2, -0.15) is 5.10 Å². The number of amides is 2. The van der Waals surface area contributed by atoms with Crippen molar-refractivity contribution in [2.75, 3.05) is 6.61 Å². The van der Waals surface area contributed by atoms with Crippen molar-refractivity contribution in [2.24, 2.45) is 5.10 Å². The third-order valence-corrected chi connectivity index (χ3v) is 2.72. The molecule has 1 heterocycles. The Morgan fingerprint density at radius 3 is 2.68 bits per heavy atom. The van der Waals surface area contributed by atoms with Gasteiger partial charge in [0.25, 0.3) is 0 Å². The Morgan fingerprint density at radius 2 is 2.05 bits per heavy atom. The minimum atomic E-state index is -0.589. The summed E-state index contributed by atoms with van der Waals surface area (Å²) in [4.78, 5) is 23.2. The number of aryl methyl sites for hydroxylation is 1. The lowest BCUT2D eigenvalue weighted by molar-refractivity contribution is -0.135. The normalized spacial score (nSPS) is 18.1. The summed E-state index contributed by atoms with van der Waals surface area (Å²) in [5.74, 6) is -0.541. The fourth-order valence-corrected chi connectivity index (χ4v) is 1.78. The van der Waals surface area contributed by atoms with Crippen LogP contribution < -0.4 is 10.7 Å². The first-order valence-electron chi connectivity index (χ1n) is 5.99. The van der Waals surface area contributed by atoms with Gasteiger partial charge in [0.2, 0.25) is 0 Å². The standard InChI is InChI=1S/C13H15N3O3/c1-3-19-12(17)11-10(14-13(18)16-15-11)9-6-4-8(2)5-7-9/h4-7,10H,3H2,1-2H3,(H2,14,16,18). The van der Waals surface area contributed by atoms with Crippen LogP contribution in [0.1, 0.15) is 24.1 Å². The maximum absolute atomic E-state index is 11.8. The SMILES string of the molecule is CCOC(=O)C1=NNC(=O)NC1c1ccc(C)cc1. The molecule has 0 bridgehead atoms. The van der Waals surface area contributed by atoms with Gasteiger partial charge in [0.05, 0.1) is 6.61 Å². The van der Waals surface area contributed by atoms with E-state index in [4.69, 9.17) is 4.74 Å². The van der Waals surface area contributed by atoms with Crippen LogP contribution in [0.4, 0.5) is 4.79 Å². The van der Waals surface area contributed by atoms with E-state index in [-0.39, 0.29) is 12.3 Å². The van der Waals surface area contributed by atoms with Crippen molar-refractivity contribution in [1.29, 1.82) is 0 Å². The number of carbonyl (C=O) groups is 2. The third-order valence-electron chi connectivity index (χ3n) is 2.72. The van der Waals surface area contributed by atoms with E-state index in [1.807, 2.05) is 31.2 Å². The molecule has 2 N–H and O–H groups in total. The number of nitrogens with zero attached hydrogens (tertiary/aromatic N) is 1. The highest BCUT2D eigenvalue weighted by molar-refractivity contribution is 6.39. The van der Waals surface area contributed by atoms with Crippen LogP contribution in [0.2, 0.25) is 0 Å². The van der Waals surface area contributed by atoms with Crippen LogP contribution in [-0.4, -0.2) is 24.3 Å². The summed E-state index contributed by atoms with van der Waals surface area (Å²) in [6, 6.07) is 6.48. The quantitative estimate of drug-likeness (QED) is 0.804. The Morgan fingerprint density at radius 1 is 1.37 bits per heavy atom. The Labute approximate surface area is 110 Å². The average molecular weight is 261 g/mol. The highest BCUT2D eigenvalue weighted by Gasteiger charge is 2.30. The molecule has 100 valence electrons. The molecule has 1 aromatic carbocycles. The molecular formula is C13H15N3O3. The highest BCUT2D eigenvalue weighted by atomic mass is 16.5. The van der Waals surface area contributed by atoms with Crippen LogP contribution in [0.25, 0.3) is 0 Å². The van der Waals surface area contributed by atoms with Gasteiger partial charge in [-0.25, -0.2) is 15.0 Å². The molecule has 1 atom stereocenters. The molecule has 0 saturated heterocycles. The summed E-state index contributed by atoms with van der Waals surface area (Å²) in [5, 5.41) is 6.45. The number of hydrogen-bond acceptors (Lipinski definition) is 4. The second kappa shape index (κ2) is 5.51. The van der Waals surface area contributed by atoms with E-state index in [1.165, 1.54) is 0 Å². The number of ether oxygens (including phenoxy) is 1. The monoisotopic (exact) mass is 261 g/mol. The first-order chi connectivity index (χ1) is 9.11. The van der Waals surface area contributed by atoms with E-state index < -0.39 is 18.0 Å². The molecule has 0 spiro atoms. The summed E-state index contributed by atoms with van der Waals surface area (Å²) >= 11 is 0. The summed E-state index contributed by atoms with van der Waals surface area (Å²) in [6.07, 6.45) is 0. The van der Waals surface area contributed by atoms with Gasteiger partial charge in [-0.05, 0) is 19.4 Å². The molecule has 2 amide bonds. The first-order valence-corrected chi connectivity index (χ1v) is 5.99. The van der Waals surface area contributed by atoms with Crippen molar-refractivity contribution in [1.82, 2.24) is 10.7 Å².